The highest BCUT2D eigenvalue weighted by Crippen LogP contribution is 2.33. The summed E-state index contributed by atoms with van der Waals surface area (Å²) in [5, 5.41) is 10.2. The van der Waals surface area contributed by atoms with Gasteiger partial charge in [0.15, 0.2) is 0 Å². The lowest BCUT2D eigenvalue weighted by Crippen LogP contribution is -2.41. The first-order valence-electron chi connectivity index (χ1n) is 8.13. The van der Waals surface area contributed by atoms with Gasteiger partial charge in [0.05, 0.1) is 6.10 Å². The maximum atomic E-state index is 10.2. The van der Waals surface area contributed by atoms with E-state index < -0.39 is 0 Å². The lowest BCUT2D eigenvalue weighted by molar-refractivity contribution is 0.0223. The molecule has 106 valence electrons. The van der Waals surface area contributed by atoms with Gasteiger partial charge in [-0.05, 0) is 56.4 Å². The molecule has 2 heteroatoms. The highest BCUT2D eigenvalue weighted by Gasteiger charge is 2.30. The number of nitrogens with zero attached hydrogens (tertiary/aromatic N) is 1. The average Bonchev–Trinajstić information content (AvgIpc) is 2.34. The summed E-state index contributed by atoms with van der Waals surface area (Å²) >= 11 is 0. The van der Waals surface area contributed by atoms with E-state index in [1.807, 2.05) is 0 Å². The molecule has 2 fully saturated rings. The molecule has 2 aliphatic rings. The van der Waals surface area contributed by atoms with Crippen LogP contribution in [0.5, 0.6) is 0 Å². The molecule has 2 nitrogen and oxygen atoms in total. The van der Waals surface area contributed by atoms with Gasteiger partial charge in [0.2, 0.25) is 0 Å². The molecule has 0 aromatic heterocycles. The van der Waals surface area contributed by atoms with Gasteiger partial charge >= 0.3 is 0 Å². The molecule has 18 heavy (non-hydrogen) atoms. The van der Waals surface area contributed by atoms with Crippen LogP contribution < -0.4 is 0 Å². The first-order chi connectivity index (χ1) is 8.72. The summed E-state index contributed by atoms with van der Waals surface area (Å²) in [5.41, 5.74) is 0. The minimum absolute atomic E-state index is 0.0387. The standard InChI is InChI=1S/C16H31NO/c1-3-13-8-9-16(18)15(10-13)12-17(4-2)11-14-6-5-7-14/h13-16,18H,3-12H2,1-2H3. The Labute approximate surface area is 113 Å². The Kier molecular flexibility index (Phi) is 5.50. The molecule has 0 spiro atoms. The van der Waals surface area contributed by atoms with Gasteiger partial charge in [0, 0.05) is 13.1 Å². The van der Waals surface area contributed by atoms with Gasteiger partial charge in [0.1, 0.15) is 0 Å². The summed E-state index contributed by atoms with van der Waals surface area (Å²) in [7, 11) is 0. The van der Waals surface area contributed by atoms with E-state index >= 15 is 0 Å². The van der Waals surface area contributed by atoms with Crippen LogP contribution in [0.4, 0.5) is 0 Å². The minimum atomic E-state index is -0.0387. The Morgan fingerprint density at radius 2 is 1.78 bits per heavy atom. The molecule has 2 rings (SSSR count). The smallest absolute Gasteiger partial charge is 0.0580 e. The summed E-state index contributed by atoms with van der Waals surface area (Å²) in [6, 6.07) is 0. The normalized spacial score (nSPS) is 33.7. The Balaban J connectivity index is 1.80. The molecule has 0 aliphatic heterocycles. The molecule has 0 radical (unpaired) electrons. The Morgan fingerprint density at radius 1 is 1.00 bits per heavy atom. The van der Waals surface area contributed by atoms with Gasteiger partial charge in [-0.1, -0.05) is 26.7 Å². The van der Waals surface area contributed by atoms with Crippen molar-refractivity contribution >= 4 is 0 Å². The maximum Gasteiger partial charge on any atom is 0.0580 e. The van der Waals surface area contributed by atoms with Crippen molar-refractivity contribution in [1.29, 1.82) is 0 Å². The molecule has 3 unspecified atom stereocenters. The van der Waals surface area contributed by atoms with Crippen LogP contribution in [0, 0.1) is 17.8 Å². The third-order valence-corrected chi connectivity index (χ3v) is 5.31. The van der Waals surface area contributed by atoms with Crippen LogP contribution in [0.2, 0.25) is 0 Å². The van der Waals surface area contributed by atoms with E-state index in [2.05, 4.69) is 18.7 Å². The summed E-state index contributed by atoms with van der Waals surface area (Å²) in [6.45, 7) is 8.12. The fraction of sp³-hybridized carbons (Fsp3) is 1.00. The molecule has 0 heterocycles. The van der Waals surface area contributed by atoms with E-state index in [1.54, 1.807) is 0 Å². The first kappa shape index (κ1) is 14.3. The topological polar surface area (TPSA) is 23.5 Å². The predicted molar refractivity (Wildman–Crippen MR) is 76.6 cm³/mol. The van der Waals surface area contributed by atoms with E-state index in [0.29, 0.717) is 5.92 Å². The summed E-state index contributed by atoms with van der Waals surface area (Å²) in [4.78, 5) is 2.59. The molecule has 0 aromatic carbocycles. The largest absolute Gasteiger partial charge is 0.393 e. The third-order valence-electron chi connectivity index (χ3n) is 5.31. The number of rotatable bonds is 6. The average molecular weight is 253 g/mol. The number of aliphatic hydroxyl groups excluding tert-OH is 1. The van der Waals surface area contributed by atoms with Crippen molar-refractivity contribution in [2.75, 3.05) is 19.6 Å². The zero-order valence-corrected chi connectivity index (χ0v) is 12.3. The number of hydrogen-bond acceptors (Lipinski definition) is 2. The highest BCUT2D eigenvalue weighted by atomic mass is 16.3. The van der Waals surface area contributed by atoms with Crippen molar-refractivity contribution in [2.24, 2.45) is 17.8 Å². The van der Waals surface area contributed by atoms with E-state index in [4.69, 9.17) is 0 Å². The van der Waals surface area contributed by atoms with Crippen LogP contribution in [0.25, 0.3) is 0 Å². The van der Waals surface area contributed by atoms with Crippen LogP contribution in [-0.2, 0) is 0 Å². The van der Waals surface area contributed by atoms with E-state index in [1.165, 1.54) is 45.1 Å². The molecular formula is C16H31NO. The van der Waals surface area contributed by atoms with Gasteiger partial charge in [-0.15, -0.1) is 0 Å². The molecule has 2 aliphatic carbocycles. The molecule has 3 atom stereocenters. The van der Waals surface area contributed by atoms with Crippen molar-refractivity contribution in [2.45, 2.75) is 64.9 Å². The molecule has 0 amide bonds. The molecule has 1 N–H and O–H groups in total. The quantitative estimate of drug-likeness (QED) is 0.785. The molecule has 0 aromatic rings. The second-order valence-electron chi connectivity index (χ2n) is 6.56. The van der Waals surface area contributed by atoms with Crippen molar-refractivity contribution in [3.05, 3.63) is 0 Å². The van der Waals surface area contributed by atoms with Gasteiger partial charge in [0.25, 0.3) is 0 Å². The lowest BCUT2D eigenvalue weighted by Gasteiger charge is -2.38. The summed E-state index contributed by atoms with van der Waals surface area (Å²) < 4.78 is 0. The SMILES string of the molecule is CCC1CCC(O)C(CN(CC)CC2CCC2)C1. The van der Waals surface area contributed by atoms with E-state index in [-0.39, 0.29) is 6.10 Å². The predicted octanol–water partition coefficient (Wildman–Crippen LogP) is 3.30. The lowest BCUT2D eigenvalue weighted by atomic mass is 9.77. The summed E-state index contributed by atoms with van der Waals surface area (Å²) in [6.07, 6.45) is 9.07. The number of aliphatic hydroxyl groups is 1. The molecule has 2 saturated carbocycles. The van der Waals surface area contributed by atoms with Crippen LogP contribution in [0.1, 0.15) is 58.8 Å². The molecule has 0 bridgehead atoms. The fourth-order valence-electron chi connectivity index (χ4n) is 3.62. The fourth-order valence-corrected chi connectivity index (χ4v) is 3.62. The van der Waals surface area contributed by atoms with E-state index in [0.717, 1.165) is 31.3 Å². The Bertz CT molecular complexity index is 239. The monoisotopic (exact) mass is 253 g/mol. The van der Waals surface area contributed by atoms with Gasteiger partial charge in [-0.3, -0.25) is 0 Å². The van der Waals surface area contributed by atoms with Gasteiger partial charge in [-0.25, -0.2) is 0 Å². The Hall–Kier alpha value is -0.0800. The zero-order chi connectivity index (χ0) is 13.0. The highest BCUT2D eigenvalue weighted by molar-refractivity contribution is 4.83. The minimum Gasteiger partial charge on any atom is -0.393 e. The van der Waals surface area contributed by atoms with Gasteiger partial charge in [-0.2, -0.15) is 0 Å². The summed E-state index contributed by atoms with van der Waals surface area (Å²) in [5.74, 6) is 2.34. The number of hydrogen-bond donors (Lipinski definition) is 1. The molecular weight excluding hydrogens is 222 g/mol. The van der Waals surface area contributed by atoms with Crippen molar-refractivity contribution in [3.8, 4) is 0 Å². The van der Waals surface area contributed by atoms with Crippen molar-refractivity contribution in [3.63, 3.8) is 0 Å². The second-order valence-corrected chi connectivity index (χ2v) is 6.56. The van der Waals surface area contributed by atoms with Crippen molar-refractivity contribution in [1.82, 2.24) is 4.90 Å². The van der Waals surface area contributed by atoms with Crippen LogP contribution in [0.3, 0.4) is 0 Å². The zero-order valence-electron chi connectivity index (χ0n) is 12.3. The van der Waals surface area contributed by atoms with E-state index in [9.17, 15) is 5.11 Å². The van der Waals surface area contributed by atoms with Crippen LogP contribution >= 0.6 is 0 Å². The second kappa shape index (κ2) is 6.91. The van der Waals surface area contributed by atoms with Crippen LogP contribution in [0.15, 0.2) is 0 Å². The third kappa shape index (κ3) is 3.71. The maximum absolute atomic E-state index is 10.2. The molecule has 0 saturated heterocycles. The van der Waals surface area contributed by atoms with Gasteiger partial charge < -0.3 is 10.0 Å². The Morgan fingerprint density at radius 3 is 2.33 bits per heavy atom. The van der Waals surface area contributed by atoms with Crippen molar-refractivity contribution < 1.29 is 5.11 Å². The van der Waals surface area contributed by atoms with Crippen LogP contribution in [-0.4, -0.2) is 35.7 Å². The first-order valence-corrected chi connectivity index (χ1v) is 8.13.